The van der Waals surface area contributed by atoms with Crippen LogP contribution in [0.1, 0.15) is 0 Å². The van der Waals surface area contributed by atoms with Crippen molar-refractivity contribution in [2.45, 2.75) is 0 Å². The fraction of sp³-hybridized carbons (Fsp3) is 0. The van der Waals surface area contributed by atoms with E-state index >= 15 is 0 Å². The van der Waals surface area contributed by atoms with E-state index in [0.29, 0.717) is 0 Å². The molecule has 6 aromatic carbocycles. The molecule has 7 aromatic rings. The number of hydrogen-bond donors (Lipinski definition) is 0. The Morgan fingerprint density at radius 2 is 0.919 bits per heavy atom. The lowest BCUT2D eigenvalue weighted by molar-refractivity contribution is 1.43. The maximum absolute atomic E-state index is 5.17. The van der Waals surface area contributed by atoms with Gasteiger partial charge in [-0.15, -0.1) is 0 Å². The molecule has 0 aliphatic rings. The maximum Gasteiger partial charge on any atom is 0.241 e. The van der Waals surface area contributed by atoms with Crippen molar-refractivity contribution in [3.63, 3.8) is 0 Å². The SMILES string of the molecule is c1ccc(B(c2ccccc2)c2ccc(-c3nc4ccccc4c4cc5ccccc5cc34)cc2)cc1. The van der Waals surface area contributed by atoms with Gasteiger partial charge in [0, 0.05) is 16.3 Å². The number of benzene rings is 6. The highest BCUT2D eigenvalue weighted by Gasteiger charge is 2.21. The van der Waals surface area contributed by atoms with E-state index in [1.165, 1.54) is 43.3 Å². The van der Waals surface area contributed by atoms with Crippen LogP contribution < -0.4 is 16.4 Å². The molecule has 1 nitrogen and oxygen atoms in total. The molecule has 0 aliphatic heterocycles. The molecular formula is C35H24BN. The molecule has 7 rings (SSSR count). The fourth-order valence-corrected chi connectivity index (χ4v) is 5.56. The van der Waals surface area contributed by atoms with Crippen LogP contribution in [0.3, 0.4) is 0 Å². The van der Waals surface area contributed by atoms with Crippen LogP contribution in [0.5, 0.6) is 0 Å². The summed E-state index contributed by atoms with van der Waals surface area (Å²) < 4.78 is 0. The molecule has 0 radical (unpaired) electrons. The van der Waals surface area contributed by atoms with Crippen molar-refractivity contribution >= 4 is 55.5 Å². The van der Waals surface area contributed by atoms with Crippen molar-refractivity contribution < 1.29 is 0 Å². The van der Waals surface area contributed by atoms with Crippen LogP contribution in [0.4, 0.5) is 0 Å². The van der Waals surface area contributed by atoms with Crippen molar-refractivity contribution in [1.29, 1.82) is 0 Å². The zero-order valence-corrected chi connectivity index (χ0v) is 20.4. The van der Waals surface area contributed by atoms with Gasteiger partial charge in [0.1, 0.15) is 0 Å². The van der Waals surface area contributed by atoms with E-state index in [1.807, 2.05) is 0 Å². The standard InChI is InChI=1S/C35H24BN/c1-3-13-28(14-4-1)36(29-15-5-2-6-16-29)30-21-19-25(20-22-30)35-33-24-27-12-8-7-11-26(27)23-32(33)31-17-9-10-18-34(31)37-35/h1-24H. The highest BCUT2D eigenvalue weighted by Crippen LogP contribution is 2.35. The van der Waals surface area contributed by atoms with Gasteiger partial charge in [0.25, 0.3) is 0 Å². The molecule has 0 fully saturated rings. The van der Waals surface area contributed by atoms with Gasteiger partial charge in [-0.2, -0.15) is 0 Å². The van der Waals surface area contributed by atoms with Gasteiger partial charge in [-0.3, -0.25) is 0 Å². The molecule has 2 heteroatoms. The van der Waals surface area contributed by atoms with E-state index in [4.69, 9.17) is 4.98 Å². The summed E-state index contributed by atoms with van der Waals surface area (Å²) in [6, 6.07) is 52.2. The Kier molecular flexibility index (Phi) is 5.29. The van der Waals surface area contributed by atoms with Gasteiger partial charge in [0.15, 0.2) is 0 Å². The third-order valence-electron chi connectivity index (χ3n) is 7.35. The first kappa shape index (κ1) is 21.6. The number of rotatable bonds is 4. The lowest BCUT2D eigenvalue weighted by atomic mass is 9.37. The summed E-state index contributed by atoms with van der Waals surface area (Å²) >= 11 is 0. The molecule has 37 heavy (non-hydrogen) atoms. The van der Waals surface area contributed by atoms with Gasteiger partial charge in [0.2, 0.25) is 6.71 Å². The smallest absolute Gasteiger partial charge is 0.241 e. The molecule has 0 saturated carbocycles. The zero-order chi connectivity index (χ0) is 24.6. The molecule has 0 bridgehead atoms. The highest BCUT2D eigenvalue weighted by atomic mass is 14.7. The molecule has 0 amide bonds. The number of para-hydroxylation sites is 1. The fourth-order valence-electron chi connectivity index (χ4n) is 5.56. The van der Waals surface area contributed by atoms with Crippen LogP contribution in [0, 0.1) is 0 Å². The van der Waals surface area contributed by atoms with Gasteiger partial charge in [-0.1, -0.05) is 144 Å². The van der Waals surface area contributed by atoms with E-state index in [2.05, 4.69) is 146 Å². The average Bonchev–Trinajstić information content (AvgIpc) is 2.97. The largest absolute Gasteiger partial charge is 0.247 e. The maximum atomic E-state index is 5.17. The quantitative estimate of drug-likeness (QED) is 0.158. The minimum Gasteiger partial charge on any atom is -0.247 e. The minimum atomic E-state index is 0.182. The second-order valence-corrected chi connectivity index (χ2v) is 9.60. The van der Waals surface area contributed by atoms with Crippen molar-refractivity contribution in [3.8, 4) is 11.3 Å². The van der Waals surface area contributed by atoms with Crippen LogP contribution in [0.25, 0.3) is 43.7 Å². The predicted octanol–water partition coefficient (Wildman–Crippen LogP) is 6.72. The first-order valence-electron chi connectivity index (χ1n) is 12.8. The first-order valence-corrected chi connectivity index (χ1v) is 12.8. The monoisotopic (exact) mass is 469 g/mol. The van der Waals surface area contributed by atoms with Crippen molar-refractivity contribution in [2.24, 2.45) is 0 Å². The molecule has 0 unspecified atom stereocenters. The van der Waals surface area contributed by atoms with Crippen LogP contribution in [-0.2, 0) is 0 Å². The lowest BCUT2D eigenvalue weighted by Crippen LogP contribution is -2.51. The van der Waals surface area contributed by atoms with Gasteiger partial charge < -0.3 is 0 Å². The van der Waals surface area contributed by atoms with E-state index in [9.17, 15) is 0 Å². The zero-order valence-electron chi connectivity index (χ0n) is 20.4. The molecule has 1 aromatic heterocycles. The molecule has 1 heterocycles. The van der Waals surface area contributed by atoms with Crippen LogP contribution in [0.15, 0.2) is 146 Å². The van der Waals surface area contributed by atoms with Crippen LogP contribution in [0.2, 0.25) is 0 Å². The summed E-state index contributed by atoms with van der Waals surface area (Å²) in [5.41, 5.74) is 7.05. The number of pyridine rings is 1. The summed E-state index contributed by atoms with van der Waals surface area (Å²) in [4.78, 5) is 5.17. The second-order valence-electron chi connectivity index (χ2n) is 9.60. The van der Waals surface area contributed by atoms with E-state index in [1.54, 1.807) is 0 Å². The summed E-state index contributed by atoms with van der Waals surface area (Å²) in [5.74, 6) is 0. The van der Waals surface area contributed by atoms with Gasteiger partial charge >= 0.3 is 0 Å². The topological polar surface area (TPSA) is 12.9 Å². The van der Waals surface area contributed by atoms with Crippen LogP contribution >= 0.6 is 0 Å². The summed E-state index contributed by atoms with van der Waals surface area (Å²) in [6.07, 6.45) is 0. The Morgan fingerprint density at radius 3 is 1.57 bits per heavy atom. The second kappa shape index (κ2) is 9.07. The summed E-state index contributed by atoms with van der Waals surface area (Å²) in [5, 5.41) is 6.11. The predicted molar refractivity (Wildman–Crippen MR) is 160 cm³/mol. The Bertz CT molecular complexity index is 1820. The lowest BCUT2D eigenvalue weighted by Gasteiger charge is -2.16. The van der Waals surface area contributed by atoms with Gasteiger partial charge in [-0.05, 0) is 34.4 Å². The van der Waals surface area contributed by atoms with E-state index < -0.39 is 0 Å². The summed E-state index contributed by atoms with van der Waals surface area (Å²) in [6.45, 7) is 0.182. The minimum absolute atomic E-state index is 0.182. The Hall–Kier alpha value is -4.69. The van der Waals surface area contributed by atoms with E-state index in [0.717, 1.165) is 16.8 Å². The summed E-state index contributed by atoms with van der Waals surface area (Å²) in [7, 11) is 0. The third kappa shape index (κ3) is 3.88. The van der Waals surface area contributed by atoms with Gasteiger partial charge in [-0.25, -0.2) is 4.98 Å². The molecule has 0 aliphatic carbocycles. The highest BCUT2D eigenvalue weighted by molar-refractivity contribution is 6.95. The first-order chi connectivity index (χ1) is 18.3. The number of nitrogens with zero attached hydrogens (tertiary/aromatic N) is 1. The molecule has 172 valence electrons. The van der Waals surface area contributed by atoms with Crippen molar-refractivity contribution in [2.75, 3.05) is 0 Å². The Balaban J connectivity index is 1.41. The molecule has 0 atom stereocenters. The van der Waals surface area contributed by atoms with Crippen LogP contribution in [-0.4, -0.2) is 11.7 Å². The Labute approximate surface area is 217 Å². The number of fused-ring (bicyclic) bond motifs is 4. The normalized spacial score (nSPS) is 11.2. The van der Waals surface area contributed by atoms with Gasteiger partial charge in [0.05, 0.1) is 11.2 Å². The Morgan fingerprint density at radius 1 is 0.405 bits per heavy atom. The molecular weight excluding hydrogens is 445 g/mol. The van der Waals surface area contributed by atoms with E-state index in [-0.39, 0.29) is 6.71 Å². The number of hydrogen-bond acceptors (Lipinski definition) is 1. The molecule has 0 spiro atoms. The van der Waals surface area contributed by atoms with Crippen molar-refractivity contribution in [1.82, 2.24) is 4.98 Å². The number of aromatic nitrogens is 1. The molecule has 0 N–H and O–H groups in total. The third-order valence-corrected chi connectivity index (χ3v) is 7.35. The average molecular weight is 469 g/mol. The van der Waals surface area contributed by atoms with Crippen molar-refractivity contribution in [3.05, 3.63) is 146 Å². The molecule has 0 saturated heterocycles.